The van der Waals surface area contributed by atoms with E-state index in [9.17, 15) is 5.11 Å². The van der Waals surface area contributed by atoms with Gasteiger partial charge in [0.05, 0.1) is 11.2 Å². The van der Waals surface area contributed by atoms with Crippen LogP contribution in [0.4, 0.5) is 0 Å². The summed E-state index contributed by atoms with van der Waals surface area (Å²) in [6.45, 7) is 8.99. The van der Waals surface area contributed by atoms with Crippen LogP contribution >= 0.6 is 0 Å². The molecule has 1 saturated heterocycles. The number of hydrogen-bond donors (Lipinski definition) is 1. The van der Waals surface area contributed by atoms with Crippen LogP contribution in [-0.4, -0.2) is 48.1 Å². The van der Waals surface area contributed by atoms with E-state index >= 15 is 0 Å². The van der Waals surface area contributed by atoms with E-state index in [4.69, 9.17) is 9.31 Å². The van der Waals surface area contributed by atoms with E-state index in [2.05, 4.69) is 0 Å². The predicted molar refractivity (Wildman–Crippen MR) is 67.4 cm³/mol. The van der Waals surface area contributed by atoms with Crippen LogP contribution in [0.5, 0.6) is 0 Å². The Bertz CT molecular complexity index is 325. The van der Waals surface area contributed by atoms with Crippen molar-refractivity contribution in [3.63, 3.8) is 0 Å². The molecule has 0 aromatic rings. The normalized spacial score (nSPS) is 32.7. The fraction of sp³-hybridized carbons (Fsp3) is 0.833. The van der Waals surface area contributed by atoms with Gasteiger partial charge in [0.2, 0.25) is 0 Å². The third kappa shape index (κ3) is 2.29. The molecule has 1 unspecified atom stereocenters. The lowest BCUT2D eigenvalue weighted by atomic mass is 9.74. The molecule has 1 atom stereocenters. The van der Waals surface area contributed by atoms with E-state index in [1.54, 1.807) is 0 Å². The van der Waals surface area contributed by atoms with Crippen LogP contribution in [0.1, 0.15) is 34.1 Å². The van der Waals surface area contributed by atoms with Crippen LogP contribution in [0.15, 0.2) is 11.5 Å². The predicted octanol–water partition coefficient (Wildman–Crippen LogP) is 1.20. The highest BCUT2D eigenvalue weighted by molar-refractivity contribution is 6.54. The van der Waals surface area contributed by atoms with Gasteiger partial charge in [-0.25, -0.2) is 0 Å². The zero-order valence-electron chi connectivity index (χ0n) is 11.4. The molecule has 1 N–H and O–H groups in total. The van der Waals surface area contributed by atoms with E-state index in [1.165, 1.54) is 0 Å². The number of likely N-dealkylation sites (N-methyl/N-ethyl adjacent to an activating group) is 1. The van der Waals surface area contributed by atoms with Gasteiger partial charge < -0.3 is 14.4 Å². The second kappa shape index (κ2) is 4.09. The second-order valence-electron chi connectivity index (χ2n) is 5.97. The average molecular weight is 239 g/mol. The number of rotatable bonds is 1. The molecule has 1 fully saturated rings. The molecule has 4 nitrogen and oxygen atoms in total. The number of aliphatic hydroxyl groups excluding tert-OH is 1. The lowest BCUT2D eigenvalue weighted by Gasteiger charge is -2.32. The Morgan fingerprint density at radius 3 is 2.29 bits per heavy atom. The summed E-state index contributed by atoms with van der Waals surface area (Å²) in [5, 5.41) is 9.81. The first-order valence-corrected chi connectivity index (χ1v) is 6.17. The van der Waals surface area contributed by atoms with Crippen LogP contribution < -0.4 is 0 Å². The molecule has 2 aliphatic heterocycles. The summed E-state index contributed by atoms with van der Waals surface area (Å²) >= 11 is 0. The summed E-state index contributed by atoms with van der Waals surface area (Å²) in [5.41, 5.74) is 0.425. The SMILES string of the molecule is CN1CCC(B2OC(C)(C)C(C)(C)O2)=CC1O. The lowest BCUT2D eigenvalue weighted by Crippen LogP contribution is -2.41. The van der Waals surface area contributed by atoms with Crippen molar-refractivity contribution >= 4 is 7.12 Å². The number of aliphatic hydroxyl groups is 1. The first kappa shape index (κ1) is 13.1. The van der Waals surface area contributed by atoms with Gasteiger partial charge in [-0.3, -0.25) is 4.90 Å². The molecule has 0 spiro atoms. The van der Waals surface area contributed by atoms with Gasteiger partial charge in [-0.05, 0) is 52.7 Å². The van der Waals surface area contributed by atoms with Gasteiger partial charge >= 0.3 is 7.12 Å². The molecular formula is C12H22BNO3. The second-order valence-corrected chi connectivity index (χ2v) is 5.97. The minimum atomic E-state index is -0.530. The molecule has 17 heavy (non-hydrogen) atoms. The Balaban J connectivity index is 2.14. The van der Waals surface area contributed by atoms with Crippen LogP contribution in [0, 0.1) is 0 Å². The molecule has 0 amide bonds. The first-order chi connectivity index (χ1) is 7.73. The minimum Gasteiger partial charge on any atom is -0.400 e. The van der Waals surface area contributed by atoms with Crippen LogP contribution in [0.2, 0.25) is 0 Å². The quantitative estimate of drug-likeness (QED) is 0.698. The van der Waals surface area contributed by atoms with Crippen molar-refractivity contribution in [2.24, 2.45) is 0 Å². The van der Waals surface area contributed by atoms with Gasteiger partial charge in [0, 0.05) is 6.54 Å². The zero-order chi connectivity index (χ0) is 12.8. The maximum atomic E-state index is 9.81. The molecule has 0 bridgehead atoms. The van der Waals surface area contributed by atoms with E-state index in [0.717, 1.165) is 18.4 Å². The van der Waals surface area contributed by atoms with Gasteiger partial charge in [-0.15, -0.1) is 0 Å². The summed E-state index contributed by atoms with van der Waals surface area (Å²) in [6, 6.07) is 0. The molecule has 5 heteroatoms. The Kier molecular flexibility index (Phi) is 3.15. The summed E-state index contributed by atoms with van der Waals surface area (Å²) in [4.78, 5) is 1.90. The van der Waals surface area contributed by atoms with E-state index in [-0.39, 0.29) is 18.3 Å². The van der Waals surface area contributed by atoms with Crippen molar-refractivity contribution in [2.75, 3.05) is 13.6 Å². The Hall–Kier alpha value is -0.355. The van der Waals surface area contributed by atoms with E-state index in [0.29, 0.717) is 0 Å². The Morgan fingerprint density at radius 2 is 1.82 bits per heavy atom. The number of nitrogens with zero attached hydrogens (tertiary/aromatic N) is 1. The molecule has 0 aliphatic carbocycles. The fourth-order valence-electron chi connectivity index (χ4n) is 2.03. The fourth-order valence-corrected chi connectivity index (χ4v) is 2.03. The molecule has 2 aliphatic rings. The van der Waals surface area contributed by atoms with Gasteiger partial charge in [-0.1, -0.05) is 0 Å². The van der Waals surface area contributed by atoms with Gasteiger partial charge in [0.15, 0.2) is 0 Å². The highest BCUT2D eigenvalue weighted by Gasteiger charge is 2.52. The van der Waals surface area contributed by atoms with Crippen molar-refractivity contribution in [2.45, 2.75) is 51.5 Å². The Morgan fingerprint density at radius 1 is 1.29 bits per heavy atom. The summed E-state index contributed by atoms with van der Waals surface area (Å²) in [5.74, 6) is 0. The van der Waals surface area contributed by atoms with Crippen molar-refractivity contribution in [3.05, 3.63) is 11.5 Å². The molecule has 0 aromatic carbocycles. The largest absolute Gasteiger partial charge is 0.490 e. The summed E-state index contributed by atoms with van der Waals surface area (Å²) in [7, 11) is 1.59. The lowest BCUT2D eigenvalue weighted by molar-refractivity contribution is 0.00578. The van der Waals surface area contributed by atoms with Crippen molar-refractivity contribution in [1.29, 1.82) is 0 Å². The molecule has 2 heterocycles. The van der Waals surface area contributed by atoms with Crippen molar-refractivity contribution in [3.8, 4) is 0 Å². The molecular weight excluding hydrogens is 217 g/mol. The molecule has 2 rings (SSSR count). The smallest absolute Gasteiger partial charge is 0.400 e. The summed E-state index contributed by atoms with van der Waals surface area (Å²) < 4.78 is 11.9. The molecule has 0 aromatic heterocycles. The minimum absolute atomic E-state index is 0.313. The average Bonchev–Trinajstić information content (AvgIpc) is 2.41. The Labute approximate surface area is 104 Å². The molecule has 0 saturated carbocycles. The molecule has 0 radical (unpaired) electrons. The summed E-state index contributed by atoms with van der Waals surface area (Å²) in [6.07, 6.45) is 2.19. The highest BCUT2D eigenvalue weighted by atomic mass is 16.7. The standard InChI is InChI=1S/C12H22BNO3/c1-11(2)12(3,4)17-13(16-11)9-6-7-14(5)10(15)8-9/h8,10,15H,6-7H2,1-5H3. The van der Waals surface area contributed by atoms with Gasteiger partial charge in [-0.2, -0.15) is 0 Å². The third-order valence-electron chi connectivity index (χ3n) is 4.12. The zero-order valence-corrected chi connectivity index (χ0v) is 11.4. The topological polar surface area (TPSA) is 41.9 Å². The maximum absolute atomic E-state index is 9.81. The van der Waals surface area contributed by atoms with Crippen LogP contribution in [0.25, 0.3) is 0 Å². The third-order valence-corrected chi connectivity index (χ3v) is 4.12. The van der Waals surface area contributed by atoms with Gasteiger partial charge in [0.25, 0.3) is 0 Å². The van der Waals surface area contributed by atoms with E-state index in [1.807, 2.05) is 45.7 Å². The van der Waals surface area contributed by atoms with E-state index < -0.39 is 6.23 Å². The van der Waals surface area contributed by atoms with Crippen LogP contribution in [-0.2, 0) is 9.31 Å². The monoisotopic (exact) mass is 239 g/mol. The van der Waals surface area contributed by atoms with Crippen LogP contribution in [0.3, 0.4) is 0 Å². The highest BCUT2D eigenvalue weighted by Crippen LogP contribution is 2.39. The first-order valence-electron chi connectivity index (χ1n) is 6.17. The van der Waals surface area contributed by atoms with Gasteiger partial charge in [0.1, 0.15) is 6.23 Å². The molecule has 96 valence electrons. The number of hydrogen-bond acceptors (Lipinski definition) is 4. The van der Waals surface area contributed by atoms with Crippen molar-refractivity contribution in [1.82, 2.24) is 4.90 Å². The van der Waals surface area contributed by atoms with Crippen molar-refractivity contribution < 1.29 is 14.4 Å². The maximum Gasteiger partial charge on any atom is 0.490 e.